The van der Waals surface area contributed by atoms with E-state index in [9.17, 15) is 19.8 Å². The maximum Gasteiger partial charge on any atom is 0.338 e. The number of benzene rings is 1. The molecule has 0 spiro atoms. The Balaban J connectivity index is 2.00. The summed E-state index contributed by atoms with van der Waals surface area (Å²) in [4.78, 5) is 25.5. The third-order valence-electron chi connectivity index (χ3n) is 7.30. The van der Waals surface area contributed by atoms with Crippen LogP contribution in [0, 0.1) is 17.3 Å². The van der Waals surface area contributed by atoms with Crippen molar-refractivity contribution in [2.45, 2.75) is 78.6 Å². The number of esters is 2. The second-order valence-corrected chi connectivity index (χ2v) is 10.4. The minimum Gasteiger partial charge on any atom is -0.508 e. The lowest BCUT2D eigenvalue weighted by Crippen LogP contribution is -2.53. The topological polar surface area (TPSA) is 93.1 Å². The van der Waals surface area contributed by atoms with Gasteiger partial charge in [-0.3, -0.25) is 0 Å². The summed E-state index contributed by atoms with van der Waals surface area (Å²) in [5.74, 6) is -1.36. The maximum atomic E-state index is 13.0. The first-order valence-electron chi connectivity index (χ1n) is 11.6. The Hall–Kier alpha value is -2.60. The molecule has 0 bridgehead atoms. The van der Waals surface area contributed by atoms with Crippen molar-refractivity contribution in [1.29, 1.82) is 0 Å². The quantitative estimate of drug-likeness (QED) is 0.370. The zero-order valence-electron chi connectivity index (χ0n) is 20.4. The second kappa shape index (κ2) is 9.34. The van der Waals surface area contributed by atoms with Gasteiger partial charge < -0.3 is 19.7 Å². The summed E-state index contributed by atoms with van der Waals surface area (Å²) >= 11 is 0. The van der Waals surface area contributed by atoms with Crippen molar-refractivity contribution in [3.63, 3.8) is 0 Å². The van der Waals surface area contributed by atoms with Crippen LogP contribution in [0.2, 0.25) is 0 Å². The summed E-state index contributed by atoms with van der Waals surface area (Å²) in [6, 6.07) is 5.92. The fraction of sp³-hybridized carbons (Fsp3) is 0.556. The molecule has 0 saturated heterocycles. The SMILES string of the molecule is CC(C)=CC(=O)O[C@H]1C=C(C)C[C@@H](OC(=O)c2ccc(O)cc2)[C@@H]2[C@@]1(C)CC[C@]2(O)C(C)C. The van der Waals surface area contributed by atoms with E-state index in [0.717, 1.165) is 11.1 Å². The molecule has 1 saturated carbocycles. The van der Waals surface area contributed by atoms with Crippen molar-refractivity contribution < 1.29 is 29.3 Å². The van der Waals surface area contributed by atoms with Crippen LogP contribution in [0.1, 0.15) is 71.2 Å². The average molecular weight is 457 g/mol. The molecule has 2 N–H and O–H groups in total. The Kier molecular flexibility index (Phi) is 7.08. The van der Waals surface area contributed by atoms with Crippen molar-refractivity contribution in [3.05, 3.63) is 53.1 Å². The molecule has 0 aliphatic heterocycles. The number of carbonyl (C=O) groups excluding carboxylic acids is 2. The van der Waals surface area contributed by atoms with Gasteiger partial charge in [0.05, 0.1) is 11.2 Å². The fourth-order valence-corrected chi connectivity index (χ4v) is 5.49. The molecule has 5 atom stereocenters. The maximum absolute atomic E-state index is 13.0. The number of phenolic OH excluding ortho intramolecular Hbond substituents is 1. The van der Waals surface area contributed by atoms with E-state index in [4.69, 9.17) is 9.47 Å². The molecule has 1 fully saturated rings. The number of carbonyl (C=O) groups is 2. The van der Waals surface area contributed by atoms with Crippen LogP contribution in [-0.2, 0) is 14.3 Å². The molecule has 33 heavy (non-hydrogen) atoms. The highest BCUT2D eigenvalue weighted by molar-refractivity contribution is 5.89. The number of aliphatic hydroxyl groups is 1. The molecule has 0 heterocycles. The van der Waals surface area contributed by atoms with E-state index >= 15 is 0 Å². The minimum absolute atomic E-state index is 0.0679. The molecular formula is C27H36O6. The summed E-state index contributed by atoms with van der Waals surface area (Å²) in [7, 11) is 0. The zero-order valence-corrected chi connectivity index (χ0v) is 20.4. The van der Waals surface area contributed by atoms with Crippen LogP contribution in [0.25, 0.3) is 0 Å². The fourth-order valence-electron chi connectivity index (χ4n) is 5.49. The highest BCUT2D eigenvalue weighted by Gasteiger charge is 2.63. The molecule has 0 unspecified atom stereocenters. The van der Waals surface area contributed by atoms with Crippen molar-refractivity contribution in [2.24, 2.45) is 17.3 Å². The normalized spacial score (nSPS) is 31.3. The molecule has 180 valence electrons. The predicted octanol–water partition coefficient (Wildman–Crippen LogP) is 4.95. The van der Waals surface area contributed by atoms with Crippen LogP contribution in [0.3, 0.4) is 0 Å². The minimum atomic E-state index is -1.08. The van der Waals surface area contributed by atoms with Crippen molar-refractivity contribution in [2.75, 3.05) is 0 Å². The molecule has 3 rings (SSSR count). The van der Waals surface area contributed by atoms with Crippen molar-refractivity contribution in [3.8, 4) is 5.75 Å². The average Bonchev–Trinajstić information content (AvgIpc) is 2.94. The molecule has 6 heteroatoms. The van der Waals surface area contributed by atoms with Gasteiger partial charge in [0, 0.05) is 23.8 Å². The smallest absolute Gasteiger partial charge is 0.338 e. The van der Waals surface area contributed by atoms with Gasteiger partial charge in [0.2, 0.25) is 0 Å². The number of aromatic hydroxyl groups is 1. The molecule has 6 nitrogen and oxygen atoms in total. The van der Waals surface area contributed by atoms with E-state index in [1.807, 2.05) is 47.6 Å². The van der Waals surface area contributed by atoms with Gasteiger partial charge in [-0.2, -0.15) is 0 Å². The van der Waals surface area contributed by atoms with Gasteiger partial charge in [0.25, 0.3) is 0 Å². The predicted molar refractivity (Wildman–Crippen MR) is 126 cm³/mol. The number of rotatable bonds is 5. The number of ether oxygens (including phenoxy) is 2. The Bertz CT molecular complexity index is 955. The lowest BCUT2D eigenvalue weighted by atomic mass is 9.66. The molecule has 2 aliphatic rings. The summed E-state index contributed by atoms with van der Waals surface area (Å²) < 4.78 is 12.0. The van der Waals surface area contributed by atoms with E-state index in [0.29, 0.717) is 24.8 Å². The van der Waals surface area contributed by atoms with Crippen LogP contribution in [0.4, 0.5) is 0 Å². The summed E-state index contributed by atoms with van der Waals surface area (Å²) in [5, 5.41) is 21.4. The summed E-state index contributed by atoms with van der Waals surface area (Å²) in [5.41, 5.74) is 0.436. The zero-order chi connectivity index (χ0) is 24.6. The van der Waals surface area contributed by atoms with Crippen LogP contribution in [0.15, 0.2) is 47.6 Å². The van der Waals surface area contributed by atoms with Gasteiger partial charge in [0.15, 0.2) is 0 Å². The molecule has 1 aromatic carbocycles. The van der Waals surface area contributed by atoms with Crippen molar-refractivity contribution in [1.82, 2.24) is 0 Å². The Morgan fingerprint density at radius 2 is 1.76 bits per heavy atom. The molecule has 2 aliphatic carbocycles. The van der Waals surface area contributed by atoms with E-state index in [-0.39, 0.29) is 11.7 Å². The van der Waals surface area contributed by atoms with E-state index < -0.39 is 41.1 Å². The number of hydrogen-bond donors (Lipinski definition) is 2. The molecule has 0 radical (unpaired) electrons. The molecule has 0 amide bonds. The number of phenols is 1. The van der Waals surface area contributed by atoms with Gasteiger partial charge in [-0.15, -0.1) is 0 Å². The third kappa shape index (κ3) is 5.01. The lowest BCUT2D eigenvalue weighted by molar-refractivity contribution is -0.158. The van der Waals surface area contributed by atoms with Crippen LogP contribution in [-0.4, -0.2) is 40.0 Å². The monoisotopic (exact) mass is 456 g/mol. The standard InChI is InChI=1S/C27H36O6/c1-16(2)13-23(29)33-22-15-18(5)14-21(32-25(30)19-7-9-20(28)10-8-19)24-26(22,6)11-12-27(24,31)17(3)4/h7-10,13,15,17,21-22,24,28,31H,11-12,14H2,1-6H3/t21-,22+,24-,26+,27+/m1/s1. The highest BCUT2D eigenvalue weighted by Crippen LogP contribution is 2.58. The second-order valence-electron chi connectivity index (χ2n) is 10.4. The highest BCUT2D eigenvalue weighted by atomic mass is 16.6. The van der Waals surface area contributed by atoms with E-state index in [1.165, 1.54) is 30.3 Å². The van der Waals surface area contributed by atoms with Gasteiger partial charge >= 0.3 is 11.9 Å². The Labute approximate surface area is 196 Å². The van der Waals surface area contributed by atoms with Gasteiger partial charge in [-0.25, -0.2) is 9.59 Å². The third-order valence-corrected chi connectivity index (χ3v) is 7.30. The van der Waals surface area contributed by atoms with Gasteiger partial charge in [-0.1, -0.05) is 31.9 Å². The first-order valence-corrected chi connectivity index (χ1v) is 11.6. The Morgan fingerprint density at radius 1 is 1.12 bits per heavy atom. The number of fused-ring (bicyclic) bond motifs is 1. The van der Waals surface area contributed by atoms with Gasteiger partial charge in [-0.05, 0) is 69.9 Å². The van der Waals surface area contributed by atoms with E-state index in [1.54, 1.807) is 0 Å². The number of allylic oxidation sites excluding steroid dienone is 1. The van der Waals surface area contributed by atoms with Crippen LogP contribution in [0.5, 0.6) is 5.75 Å². The van der Waals surface area contributed by atoms with E-state index in [2.05, 4.69) is 0 Å². The van der Waals surface area contributed by atoms with Crippen LogP contribution >= 0.6 is 0 Å². The Morgan fingerprint density at radius 3 is 2.33 bits per heavy atom. The summed E-state index contributed by atoms with van der Waals surface area (Å²) in [6.45, 7) is 11.6. The summed E-state index contributed by atoms with van der Waals surface area (Å²) in [6.07, 6.45) is 3.89. The first kappa shape index (κ1) is 25.0. The largest absolute Gasteiger partial charge is 0.508 e. The molecule has 1 aromatic rings. The molecule has 0 aromatic heterocycles. The van der Waals surface area contributed by atoms with Crippen molar-refractivity contribution >= 4 is 11.9 Å². The molecular weight excluding hydrogens is 420 g/mol. The van der Waals surface area contributed by atoms with Crippen LogP contribution < -0.4 is 0 Å². The van der Waals surface area contributed by atoms with Gasteiger partial charge in [0.1, 0.15) is 18.0 Å². The lowest BCUT2D eigenvalue weighted by Gasteiger charge is -2.45. The first-order chi connectivity index (χ1) is 15.4. The number of hydrogen-bond acceptors (Lipinski definition) is 6.